The van der Waals surface area contributed by atoms with Crippen molar-refractivity contribution in [1.82, 2.24) is 24.6 Å². The van der Waals surface area contributed by atoms with Gasteiger partial charge in [-0.15, -0.1) is 5.10 Å². The normalized spacial score (nSPS) is 14.6. The molecule has 0 atom stereocenters. The molecule has 7 heteroatoms. The van der Waals surface area contributed by atoms with Crippen molar-refractivity contribution in [3.05, 3.63) is 66.0 Å². The molecule has 0 bridgehead atoms. The summed E-state index contributed by atoms with van der Waals surface area (Å²) in [6.45, 7) is 7.71. The third-order valence-electron chi connectivity index (χ3n) is 5.31. The highest BCUT2D eigenvalue weighted by molar-refractivity contribution is 5.59. The van der Waals surface area contributed by atoms with Gasteiger partial charge in [-0.25, -0.2) is 9.97 Å². The Morgan fingerprint density at radius 1 is 0.828 bits per heavy atom. The maximum atomic E-state index is 4.78. The molecule has 4 heterocycles. The van der Waals surface area contributed by atoms with Crippen LogP contribution in [0.15, 0.2) is 54.7 Å². The van der Waals surface area contributed by atoms with Crippen LogP contribution in [-0.2, 0) is 0 Å². The molecule has 0 amide bonds. The average molecular weight is 385 g/mol. The van der Waals surface area contributed by atoms with E-state index in [1.807, 2.05) is 29.8 Å². The van der Waals surface area contributed by atoms with E-state index in [1.54, 1.807) is 0 Å². The van der Waals surface area contributed by atoms with Gasteiger partial charge >= 0.3 is 0 Å². The van der Waals surface area contributed by atoms with Gasteiger partial charge in [-0.3, -0.25) is 0 Å². The molecule has 1 fully saturated rings. The SMILES string of the molecule is Cc1ccc(-c2nc3nc(C)cc(N4CCN(c5ccccn5)CC4)n3n2)cc1. The molecular formula is C22H23N7. The second-order valence-electron chi connectivity index (χ2n) is 7.43. The minimum absolute atomic E-state index is 0.641. The Balaban J connectivity index is 1.45. The van der Waals surface area contributed by atoms with Crippen molar-refractivity contribution in [1.29, 1.82) is 0 Å². The summed E-state index contributed by atoms with van der Waals surface area (Å²) in [5, 5.41) is 4.78. The Bertz CT molecular complexity index is 1130. The summed E-state index contributed by atoms with van der Waals surface area (Å²) in [4.78, 5) is 18.4. The zero-order chi connectivity index (χ0) is 19.8. The van der Waals surface area contributed by atoms with Gasteiger partial charge in [0.2, 0.25) is 0 Å². The lowest BCUT2D eigenvalue weighted by Gasteiger charge is -2.36. The monoisotopic (exact) mass is 385 g/mol. The summed E-state index contributed by atoms with van der Waals surface area (Å²) in [7, 11) is 0. The van der Waals surface area contributed by atoms with E-state index < -0.39 is 0 Å². The largest absolute Gasteiger partial charge is 0.353 e. The molecule has 7 nitrogen and oxygen atoms in total. The van der Waals surface area contributed by atoms with Crippen molar-refractivity contribution < 1.29 is 0 Å². The molecule has 1 aromatic carbocycles. The van der Waals surface area contributed by atoms with Crippen LogP contribution in [0.3, 0.4) is 0 Å². The molecule has 0 radical (unpaired) electrons. The summed E-state index contributed by atoms with van der Waals surface area (Å²) in [6.07, 6.45) is 1.85. The highest BCUT2D eigenvalue weighted by Crippen LogP contribution is 2.23. The van der Waals surface area contributed by atoms with Crippen LogP contribution in [0.5, 0.6) is 0 Å². The van der Waals surface area contributed by atoms with Gasteiger partial charge in [-0.2, -0.15) is 9.50 Å². The van der Waals surface area contributed by atoms with Crippen LogP contribution in [0.1, 0.15) is 11.3 Å². The van der Waals surface area contributed by atoms with Crippen molar-refractivity contribution >= 4 is 17.4 Å². The van der Waals surface area contributed by atoms with Gasteiger partial charge in [0, 0.05) is 49.7 Å². The van der Waals surface area contributed by atoms with Crippen LogP contribution >= 0.6 is 0 Å². The number of hydrogen-bond donors (Lipinski definition) is 0. The fourth-order valence-electron chi connectivity index (χ4n) is 3.72. The fourth-order valence-corrected chi connectivity index (χ4v) is 3.72. The molecule has 5 rings (SSSR count). The first kappa shape index (κ1) is 17.6. The van der Waals surface area contributed by atoms with E-state index in [2.05, 4.69) is 68.1 Å². The smallest absolute Gasteiger partial charge is 0.254 e. The molecule has 0 aliphatic carbocycles. The Morgan fingerprint density at radius 2 is 1.59 bits per heavy atom. The Hall–Kier alpha value is -3.48. The number of piperazine rings is 1. The molecule has 1 aliphatic heterocycles. The molecule has 146 valence electrons. The highest BCUT2D eigenvalue weighted by Gasteiger charge is 2.22. The predicted molar refractivity (Wildman–Crippen MR) is 114 cm³/mol. The Kier molecular flexibility index (Phi) is 4.35. The number of fused-ring (bicyclic) bond motifs is 1. The molecule has 0 unspecified atom stereocenters. The third-order valence-corrected chi connectivity index (χ3v) is 5.31. The van der Waals surface area contributed by atoms with Crippen LogP contribution in [0.2, 0.25) is 0 Å². The molecule has 4 aromatic rings. The maximum Gasteiger partial charge on any atom is 0.254 e. The number of hydrogen-bond acceptors (Lipinski definition) is 6. The number of anilines is 2. The van der Waals surface area contributed by atoms with Crippen molar-refractivity contribution in [2.24, 2.45) is 0 Å². The van der Waals surface area contributed by atoms with E-state index in [4.69, 9.17) is 5.10 Å². The summed E-state index contributed by atoms with van der Waals surface area (Å²) >= 11 is 0. The molecule has 0 saturated carbocycles. The van der Waals surface area contributed by atoms with Crippen LogP contribution < -0.4 is 9.80 Å². The molecule has 0 N–H and O–H groups in total. The Labute approximate surface area is 169 Å². The van der Waals surface area contributed by atoms with E-state index in [1.165, 1.54) is 5.56 Å². The van der Waals surface area contributed by atoms with Crippen LogP contribution in [-0.4, -0.2) is 50.7 Å². The van der Waals surface area contributed by atoms with Crippen LogP contribution in [0.25, 0.3) is 17.2 Å². The second-order valence-corrected chi connectivity index (χ2v) is 7.43. The number of aryl methyl sites for hydroxylation is 2. The number of nitrogens with zero attached hydrogens (tertiary/aromatic N) is 7. The van der Waals surface area contributed by atoms with E-state index in [-0.39, 0.29) is 0 Å². The minimum Gasteiger partial charge on any atom is -0.353 e. The standard InChI is InChI=1S/C22H23N7/c1-16-6-8-18(9-7-16)21-25-22-24-17(2)15-20(29(22)26-21)28-13-11-27(12-14-28)19-5-3-4-10-23-19/h3-10,15H,11-14H2,1-2H3. The quantitative estimate of drug-likeness (QED) is 0.540. The lowest BCUT2D eigenvalue weighted by atomic mass is 10.1. The van der Waals surface area contributed by atoms with Gasteiger partial charge in [0.1, 0.15) is 11.6 Å². The number of pyridine rings is 1. The number of aromatic nitrogens is 5. The topological polar surface area (TPSA) is 62.5 Å². The van der Waals surface area contributed by atoms with Gasteiger partial charge in [-0.05, 0) is 26.0 Å². The molecule has 29 heavy (non-hydrogen) atoms. The number of rotatable bonds is 3. The van der Waals surface area contributed by atoms with Gasteiger partial charge in [0.05, 0.1) is 0 Å². The van der Waals surface area contributed by atoms with E-state index in [0.29, 0.717) is 11.6 Å². The van der Waals surface area contributed by atoms with E-state index in [0.717, 1.165) is 49.1 Å². The van der Waals surface area contributed by atoms with E-state index in [9.17, 15) is 0 Å². The van der Waals surface area contributed by atoms with Crippen molar-refractivity contribution in [2.75, 3.05) is 36.0 Å². The van der Waals surface area contributed by atoms with Crippen molar-refractivity contribution in [3.63, 3.8) is 0 Å². The molecule has 1 aliphatic rings. The average Bonchev–Trinajstić information content (AvgIpc) is 3.18. The first-order valence-electron chi connectivity index (χ1n) is 9.90. The van der Waals surface area contributed by atoms with Gasteiger partial charge in [-0.1, -0.05) is 35.9 Å². The zero-order valence-corrected chi connectivity index (χ0v) is 16.7. The number of benzene rings is 1. The lowest BCUT2D eigenvalue weighted by molar-refractivity contribution is 0.633. The fraction of sp³-hybridized carbons (Fsp3) is 0.273. The third kappa shape index (κ3) is 3.40. The predicted octanol–water partition coefficient (Wildman–Crippen LogP) is 3.13. The van der Waals surface area contributed by atoms with E-state index >= 15 is 0 Å². The first-order valence-corrected chi connectivity index (χ1v) is 9.90. The molecule has 3 aromatic heterocycles. The van der Waals surface area contributed by atoms with Crippen molar-refractivity contribution in [3.8, 4) is 11.4 Å². The lowest BCUT2D eigenvalue weighted by Crippen LogP contribution is -2.47. The second kappa shape index (κ2) is 7.16. The summed E-state index contributed by atoms with van der Waals surface area (Å²) in [6, 6.07) is 16.4. The Morgan fingerprint density at radius 3 is 2.31 bits per heavy atom. The first-order chi connectivity index (χ1) is 14.2. The maximum absolute atomic E-state index is 4.78. The van der Waals surface area contributed by atoms with Gasteiger partial charge in [0.25, 0.3) is 5.78 Å². The highest BCUT2D eigenvalue weighted by atomic mass is 15.4. The summed E-state index contributed by atoms with van der Waals surface area (Å²) < 4.78 is 1.87. The van der Waals surface area contributed by atoms with Gasteiger partial charge in [0.15, 0.2) is 5.82 Å². The molecule has 0 spiro atoms. The minimum atomic E-state index is 0.641. The zero-order valence-electron chi connectivity index (χ0n) is 16.7. The summed E-state index contributed by atoms with van der Waals surface area (Å²) in [5.41, 5.74) is 3.17. The molecule has 1 saturated heterocycles. The summed E-state index contributed by atoms with van der Waals surface area (Å²) in [5.74, 6) is 3.42. The van der Waals surface area contributed by atoms with Crippen molar-refractivity contribution in [2.45, 2.75) is 13.8 Å². The van der Waals surface area contributed by atoms with Crippen LogP contribution in [0.4, 0.5) is 11.6 Å². The van der Waals surface area contributed by atoms with Gasteiger partial charge < -0.3 is 9.80 Å². The molecular weight excluding hydrogens is 362 g/mol. The van der Waals surface area contributed by atoms with Crippen LogP contribution in [0, 0.1) is 13.8 Å².